The van der Waals surface area contributed by atoms with Crippen LogP contribution in [-0.2, 0) is 17.9 Å². The van der Waals surface area contributed by atoms with Crippen molar-refractivity contribution < 1.29 is 17.9 Å². The third kappa shape index (κ3) is 6.80. The minimum absolute atomic E-state index is 0.0519. The minimum Gasteiger partial charge on any atom is -0.367 e. The van der Waals surface area contributed by atoms with E-state index in [1.165, 1.54) is 0 Å². The maximum Gasteiger partial charge on any atom is 0.411 e. The summed E-state index contributed by atoms with van der Waals surface area (Å²) in [6.45, 7) is -0.771. The van der Waals surface area contributed by atoms with Gasteiger partial charge in [0.1, 0.15) is 6.61 Å². The molecule has 0 aliphatic heterocycles. The maximum atomic E-state index is 12.0. The van der Waals surface area contributed by atoms with Crippen LogP contribution in [0.1, 0.15) is 11.1 Å². The molecule has 0 amide bonds. The van der Waals surface area contributed by atoms with Crippen molar-refractivity contribution in [3.05, 3.63) is 35.4 Å². The minimum atomic E-state index is -4.29. The van der Waals surface area contributed by atoms with Crippen molar-refractivity contribution in [2.45, 2.75) is 19.3 Å². The van der Waals surface area contributed by atoms with Crippen molar-refractivity contribution >= 4 is 5.96 Å². The monoisotopic (exact) mass is 317 g/mol. The third-order valence-corrected chi connectivity index (χ3v) is 2.76. The van der Waals surface area contributed by atoms with Crippen LogP contribution in [0.4, 0.5) is 13.2 Å². The smallest absolute Gasteiger partial charge is 0.367 e. The van der Waals surface area contributed by atoms with Crippen LogP contribution in [0.15, 0.2) is 29.3 Å². The number of hydrogen-bond acceptors (Lipinski definition) is 2. The number of nitrogens with zero attached hydrogens (tertiary/aromatic N) is 3. The Hall–Kier alpha value is -1.76. The van der Waals surface area contributed by atoms with Gasteiger partial charge in [-0.25, -0.2) is 4.99 Å². The normalized spacial score (nSPS) is 11.2. The highest BCUT2D eigenvalue weighted by atomic mass is 19.4. The van der Waals surface area contributed by atoms with E-state index in [1.54, 1.807) is 12.1 Å². The van der Waals surface area contributed by atoms with E-state index in [4.69, 9.17) is 0 Å². The Morgan fingerprint density at radius 2 is 1.50 bits per heavy atom. The van der Waals surface area contributed by atoms with E-state index < -0.39 is 12.8 Å². The number of rotatable bonds is 5. The van der Waals surface area contributed by atoms with E-state index in [0.29, 0.717) is 12.1 Å². The van der Waals surface area contributed by atoms with Gasteiger partial charge < -0.3 is 14.5 Å². The predicted octanol–water partition coefficient (Wildman–Crippen LogP) is 2.74. The van der Waals surface area contributed by atoms with Crippen LogP contribution >= 0.6 is 0 Å². The first-order valence-electron chi connectivity index (χ1n) is 6.80. The molecule has 0 fully saturated rings. The predicted molar refractivity (Wildman–Crippen MR) is 80.7 cm³/mol. The highest BCUT2D eigenvalue weighted by molar-refractivity contribution is 5.79. The van der Waals surface area contributed by atoms with Crippen molar-refractivity contribution in [2.75, 3.05) is 34.8 Å². The van der Waals surface area contributed by atoms with Gasteiger partial charge >= 0.3 is 6.18 Å². The first kappa shape index (κ1) is 18.3. The Morgan fingerprint density at radius 1 is 1.00 bits per heavy atom. The molecular formula is C15H22F3N3O. The summed E-state index contributed by atoms with van der Waals surface area (Å²) in [5, 5.41) is 0. The molecule has 0 saturated heterocycles. The molecule has 0 aliphatic carbocycles. The van der Waals surface area contributed by atoms with E-state index in [-0.39, 0.29) is 6.61 Å². The van der Waals surface area contributed by atoms with Crippen LogP contribution in [0.5, 0.6) is 0 Å². The standard InChI is InChI=1S/C15H22F3N3O/c1-20(2)14(21(3)4)19-9-12-5-7-13(8-6-12)10-22-11-15(16,17)18/h5-8H,9-11H2,1-4H3. The van der Waals surface area contributed by atoms with E-state index in [9.17, 15) is 13.2 Å². The summed E-state index contributed by atoms with van der Waals surface area (Å²) in [5.74, 6) is 0.845. The summed E-state index contributed by atoms with van der Waals surface area (Å²) < 4.78 is 40.6. The number of aliphatic imine (C=N–C) groups is 1. The summed E-state index contributed by atoms with van der Waals surface area (Å²) in [6.07, 6.45) is -4.29. The molecule has 0 N–H and O–H groups in total. The van der Waals surface area contributed by atoms with Gasteiger partial charge in [-0.3, -0.25) is 0 Å². The Labute approximate surface area is 129 Å². The van der Waals surface area contributed by atoms with E-state index in [2.05, 4.69) is 9.73 Å². The highest BCUT2D eigenvalue weighted by Gasteiger charge is 2.27. The van der Waals surface area contributed by atoms with Crippen LogP contribution in [0.3, 0.4) is 0 Å². The molecule has 4 nitrogen and oxygen atoms in total. The molecule has 0 aliphatic rings. The number of guanidine groups is 1. The lowest BCUT2D eigenvalue weighted by molar-refractivity contribution is -0.176. The fourth-order valence-electron chi connectivity index (χ4n) is 1.87. The molecule has 22 heavy (non-hydrogen) atoms. The fraction of sp³-hybridized carbons (Fsp3) is 0.533. The number of halogens is 3. The average molecular weight is 317 g/mol. The highest BCUT2D eigenvalue weighted by Crippen LogP contribution is 2.16. The number of benzene rings is 1. The van der Waals surface area contributed by atoms with Crippen LogP contribution in [-0.4, -0.2) is 56.7 Å². The molecule has 1 rings (SSSR count). The van der Waals surface area contributed by atoms with Gasteiger partial charge in [-0.1, -0.05) is 24.3 Å². The second-order valence-corrected chi connectivity index (χ2v) is 5.33. The summed E-state index contributed by atoms with van der Waals surface area (Å²) >= 11 is 0. The Kier molecular flexibility index (Phi) is 6.67. The lowest BCUT2D eigenvalue weighted by atomic mass is 10.1. The molecule has 0 atom stereocenters. The molecule has 0 aromatic heterocycles. The van der Waals surface area contributed by atoms with Crippen LogP contribution in [0.2, 0.25) is 0 Å². The number of ether oxygens (including phenoxy) is 1. The van der Waals surface area contributed by atoms with Gasteiger partial charge in [0.05, 0.1) is 13.2 Å². The molecule has 0 bridgehead atoms. The lowest BCUT2D eigenvalue weighted by Crippen LogP contribution is -2.35. The van der Waals surface area contributed by atoms with Crippen LogP contribution in [0.25, 0.3) is 0 Å². The lowest BCUT2D eigenvalue weighted by Gasteiger charge is -2.22. The molecule has 124 valence electrons. The molecule has 1 aromatic rings. The quantitative estimate of drug-likeness (QED) is 0.617. The largest absolute Gasteiger partial charge is 0.411 e. The second-order valence-electron chi connectivity index (χ2n) is 5.33. The molecule has 0 radical (unpaired) electrons. The zero-order chi connectivity index (χ0) is 16.8. The van der Waals surface area contributed by atoms with Crippen molar-refractivity contribution in [3.8, 4) is 0 Å². The first-order chi connectivity index (χ1) is 10.2. The Balaban J connectivity index is 2.56. The van der Waals surface area contributed by atoms with Crippen molar-refractivity contribution in [1.82, 2.24) is 9.80 Å². The van der Waals surface area contributed by atoms with E-state index >= 15 is 0 Å². The van der Waals surface area contributed by atoms with Gasteiger partial charge in [0, 0.05) is 28.2 Å². The third-order valence-electron chi connectivity index (χ3n) is 2.76. The van der Waals surface area contributed by atoms with Crippen LogP contribution < -0.4 is 0 Å². The first-order valence-corrected chi connectivity index (χ1v) is 6.80. The molecule has 0 heterocycles. The second kappa shape index (κ2) is 8.03. The number of alkyl halides is 3. The fourth-order valence-corrected chi connectivity index (χ4v) is 1.87. The molecule has 1 aromatic carbocycles. The number of hydrogen-bond donors (Lipinski definition) is 0. The maximum absolute atomic E-state index is 12.0. The van der Waals surface area contributed by atoms with Gasteiger partial charge in [-0.2, -0.15) is 13.2 Å². The van der Waals surface area contributed by atoms with Crippen molar-refractivity contribution in [1.29, 1.82) is 0 Å². The molecule has 7 heteroatoms. The van der Waals surface area contributed by atoms with E-state index in [1.807, 2.05) is 50.1 Å². The van der Waals surface area contributed by atoms with Gasteiger partial charge in [0.15, 0.2) is 5.96 Å². The van der Waals surface area contributed by atoms with Crippen LogP contribution in [0, 0.1) is 0 Å². The summed E-state index contributed by atoms with van der Waals surface area (Å²) in [6, 6.07) is 7.20. The average Bonchev–Trinajstić information content (AvgIpc) is 2.38. The Bertz CT molecular complexity index is 472. The molecule has 0 saturated carbocycles. The van der Waals surface area contributed by atoms with Gasteiger partial charge in [0.25, 0.3) is 0 Å². The van der Waals surface area contributed by atoms with Gasteiger partial charge in [0.2, 0.25) is 0 Å². The molecular weight excluding hydrogens is 295 g/mol. The summed E-state index contributed by atoms with van der Waals surface area (Å²) in [7, 11) is 7.67. The topological polar surface area (TPSA) is 28.1 Å². The zero-order valence-corrected chi connectivity index (χ0v) is 13.3. The van der Waals surface area contributed by atoms with Gasteiger partial charge in [-0.15, -0.1) is 0 Å². The van der Waals surface area contributed by atoms with Gasteiger partial charge in [-0.05, 0) is 11.1 Å². The summed E-state index contributed by atoms with van der Waals surface area (Å²) in [4.78, 5) is 8.34. The van der Waals surface area contributed by atoms with Crippen molar-refractivity contribution in [3.63, 3.8) is 0 Å². The summed E-state index contributed by atoms with van der Waals surface area (Å²) in [5.41, 5.74) is 1.69. The van der Waals surface area contributed by atoms with Crippen molar-refractivity contribution in [2.24, 2.45) is 4.99 Å². The Morgan fingerprint density at radius 3 is 1.95 bits per heavy atom. The van der Waals surface area contributed by atoms with E-state index in [0.717, 1.165) is 11.5 Å². The SMILES string of the molecule is CN(C)C(=NCc1ccc(COCC(F)(F)F)cc1)N(C)C. The molecule has 0 unspecified atom stereocenters. The zero-order valence-electron chi connectivity index (χ0n) is 13.3. The molecule has 0 spiro atoms.